The van der Waals surface area contributed by atoms with Crippen LogP contribution in [0.1, 0.15) is 28.8 Å². The summed E-state index contributed by atoms with van der Waals surface area (Å²) >= 11 is 3.28. The van der Waals surface area contributed by atoms with E-state index in [1.54, 1.807) is 18.2 Å². The number of nitrogens with one attached hydrogen (secondary N) is 2. The Bertz CT molecular complexity index is 978. The van der Waals surface area contributed by atoms with E-state index in [4.69, 9.17) is 4.74 Å². The molecule has 0 radical (unpaired) electrons. The molecule has 0 unspecified atom stereocenters. The molecule has 1 aliphatic heterocycles. The van der Waals surface area contributed by atoms with Crippen molar-refractivity contribution in [3.8, 4) is 0 Å². The van der Waals surface area contributed by atoms with Crippen molar-refractivity contribution in [3.63, 3.8) is 0 Å². The van der Waals surface area contributed by atoms with Crippen molar-refractivity contribution in [2.75, 3.05) is 19.7 Å². The largest absolute Gasteiger partial charge is 0.377 e. The number of sulfonamides is 1. The number of benzene rings is 2. The van der Waals surface area contributed by atoms with Gasteiger partial charge in [0.15, 0.2) is 0 Å². The molecule has 0 bridgehead atoms. The van der Waals surface area contributed by atoms with Gasteiger partial charge in [-0.1, -0.05) is 18.2 Å². The van der Waals surface area contributed by atoms with Crippen molar-refractivity contribution >= 4 is 31.9 Å². The molecule has 156 valence electrons. The second-order valence-corrected chi connectivity index (χ2v) is 9.35. The summed E-state index contributed by atoms with van der Waals surface area (Å²) in [4.78, 5) is 12.5. The molecular weight excluding hydrogens is 463 g/mol. The minimum Gasteiger partial charge on any atom is -0.377 e. The maximum absolute atomic E-state index is 13.7. The Hall–Kier alpha value is -1.81. The number of halogens is 2. The van der Waals surface area contributed by atoms with Crippen molar-refractivity contribution < 1.29 is 22.3 Å². The fourth-order valence-corrected chi connectivity index (χ4v) is 4.56. The average molecular weight is 485 g/mol. The summed E-state index contributed by atoms with van der Waals surface area (Å²) < 4.78 is 47.2. The molecular formula is C20H22BrFN2O4S. The van der Waals surface area contributed by atoms with Crippen molar-refractivity contribution in [3.05, 3.63) is 63.9 Å². The van der Waals surface area contributed by atoms with E-state index in [2.05, 4.69) is 26.0 Å². The zero-order valence-electron chi connectivity index (χ0n) is 15.7. The minimum atomic E-state index is -3.77. The summed E-state index contributed by atoms with van der Waals surface area (Å²) in [6, 6.07) is 10.6. The predicted molar refractivity (Wildman–Crippen MR) is 111 cm³/mol. The van der Waals surface area contributed by atoms with Gasteiger partial charge >= 0.3 is 0 Å². The zero-order valence-corrected chi connectivity index (χ0v) is 18.1. The van der Waals surface area contributed by atoms with E-state index >= 15 is 0 Å². The lowest BCUT2D eigenvalue weighted by molar-refractivity contribution is 0.0953. The van der Waals surface area contributed by atoms with Crippen LogP contribution in [0.2, 0.25) is 0 Å². The van der Waals surface area contributed by atoms with Crippen LogP contribution in [0.3, 0.4) is 0 Å². The van der Waals surface area contributed by atoms with Gasteiger partial charge in [-0.15, -0.1) is 0 Å². The molecule has 2 aromatic carbocycles. The SMILES string of the molecule is O=C(NCCc1ccccc1F)c1cc(S(=O)(=O)NC[C@@H]2CCCO2)ccc1Br. The summed E-state index contributed by atoms with van der Waals surface area (Å²) in [6.45, 7) is 1.06. The molecule has 1 aliphatic rings. The highest BCUT2D eigenvalue weighted by molar-refractivity contribution is 9.10. The van der Waals surface area contributed by atoms with E-state index in [0.29, 0.717) is 23.1 Å². The Kier molecular flexibility index (Phi) is 7.39. The molecule has 0 spiro atoms. The number of carbonyl (C=O) groups is 1. The number of carbonyl (C=O) groups excluding carboxylic acids is 1. The molecule has 2 aromatic rings. The number of ether oxygens (including phenoxy) is 1. The lowest BCUT2D eigenvalue weighted by atomic mass is 10.1. The van der Waals surface area contributed by atoms with Gasteiger partial charge in [-0.05, 0) is 65.0 Å². The van der Waals surface area contributed by atoms with Crippen LogP contribution in [0.5, 0.6) is 0 Å². The van der Waals surface area contributed by atoms with Crippen LogP contribution in [0.4, 0.5) is 4.39 Å². The van der Waals surface area contributed by atoms with Crippen molar-refractivity contribution in [2.24, 2.45) is 0 Å². The van der Waals surface area contributed by atoms with Gasteiger partial charge in [-0.25, -0.2) is 17.5 Å². The minimum absolute atomic E-state index is 0.00190. The van der Waals surface area contributed by atoms with E-state index in [9.17, 15) is 17.6 Å². The zero-order chi connectivity index (χ0) is 20.9. The molecule has 1 atom stereocenters. The maximum Gasteiger partial charge on any atom is 0.252 e. The topological polar surface area (TPSA) is 84.5 Å². The van der Waals surface area contributed by atoms with Gasteiger partial charge < -0.3 is 10.1 Å². The van der Waals surface area contributed by atoms with Gasteiger partial charge in [0.2, 0.25) is 10.0 Å². The number of hydrogen-bond acceptors (Lipinski definition) is 4. The first kappa shape index (κ1) is 21.9. The van der Waals surface area contributed by atoms with E-state index in [1.807, 2.05) is 0 Å². The Labute approximate surface area is 178 Å². The van der Waals surface area contributed by atoms with Crippen molar-refractivity contribution in [1.29, 1.82) is 0 Å². The van der Waals surface area contributed by atoms with Crippen LogP contribution in [0.15, 0.2) is 51.8 Å². The highest BCUT2D eigenvalue weighted by Gasteiger charge is 2.22. The van der Waals surface area contributed by atoms with E-state index in [-0.39, 0.29) is 35.5 Å². The van der Waals surface area contributed by atoms with Crippen molar-refractivity contribution in [1.82, 2.24) is 10.0 Å². The van der Waals surface area contributed by atoms with Gasteiger partial charge in [0.05, 0.1) is 16.6 Å². The van der Waals surface area contributed by atoms with Gasteiger partial charge in [-0.2, -0.15) is 0 Å². The fourth-order valence-electron chi connectivity index (χ4n) is 3.04. The Morgan fingerprint density at radius 2 is 2.03 bits per heavy atom. The third kappa shape index (κ3) is 5.85. The molecule has 3 rings (SSSR count). The third-order valence-electron chi connectivity index (χ3n) is 4.66. The van der Waals surface area contributed by atoms with Gasteiger partial charge in [0.1, 0.15) is 5.82 Å². The predicted octanol–water partition coefficient (Wildman–Crippen LogP) is 3.02. The molecule has 2 N–H and O–H groups in total. The highest BCUT2D eigenvalue weighted by atomic mass is 79.9. The first-order valence-corrected chi connectivity index (χ1v) is 11.6. The summed E-state index contributed by atoms with van der Waals surface area (Å²) in [5.74, 6) is -0.766. The fraction of sp³-hybridized carbons (Fsp3) is 0.350. The summed E-state index contributed by atoms with van der Waals surface area (Å²) in [5, 5.41) is 2.70. The monoisotopic (exact) mass is 484 g/mol. The molecule has 29 heavy (non-hydrogen) atoms. The second-order valence-electron chi connectivity index (χ2n) is 6.73. The Balaban J connectivity index is 1.64. The maximum atomic E-state index is 13.7. The van der Waals surface area contributed by atoms with E-state index in [0.717, 1.165) is 12.8 Å². The quantitative estimate of drug-likeness (QED) is 0.602. The van der Waals surface area contributed by atoms with Gasteiger partial charge in [0, 0.05) is 24.2 Å². The molecule has 1 saturated heterocycles. The first-order chi connectivity index (χ1) is 13.9. The summed E-state index contributed by atoms with van der Waals surface area (Å²) in [6.07, 6.45) is 1.94. The summed E-state index contributed by atoms with van der Waals surface area (Å²) in [5.41, 5.74) is 0.694. The highest BCUT2D eigenvalue weighted by Crippen LogP contribution is 2.21. The van der Waals surface area contributed by atoms with Crippen LogP contribution in [0, 0.1) is 5.82 Å². The van der Waals surface area contributed by atoms with Crippen LogP contribution in [-0.4, -0.2) is 40.1 Å². The van der Waals surface area contributed by atoms with Crippen LogP contribution >= 0.6 is 15.9 Å². The van der Waals surface area contributed by atoms with Crippen LogP contribution in [0.25, 0.3) is 0 Å². The third-order valence-corrected chi connectivity index (χ3v) is 6.77. The lowest BCUT2D eigenvalue weighted by Crippen LogP contribution is -2.32. The molecule has 0 saturated carbocycles. The molecule has 1 amide bonds. The van der Waals surface area contributed by atoms with Gasteiger partial charge in [-0.3, -0.25) is 4.79 Å². The molecule has 0 aliphatic carbocycles. The van der Waals surface area contributed by atoms with E-state index < -0.39 is 15.9 Å². The first-order valence-electron chi connectivity index (χ1n) is 9.29. The molecule has 1 heterocycles. The Morgan fingerprint density at radius 1 is 1.24 bits per heavy atom. The molecule has 9 heteroatoms. The van der Waals surface area contributed by atoms with Crippen LogP contribution < -0.4 is 10.0 Å². The molecule has 1 fully saturated rings. The van der Waals surface area contributed by atoms with E-state index in [1.165, 1.54) is 24.3 Å². The average Bonchev–Trinajstić information content (AvgIpc) is 3.22. The second kappa shape index (κ2) is 9.80. The smallest absolute Gasteiger partial charge is 0.252 e. The number of amides is 1. The Morgan fingerprint density at radius 3 is 2.76 bits per heavy atom. The molecule has 0 aromatic heterocycles. The molecule has 6 nitrogen and oxygen atoms in total. The normalized spacial score (nSPS) is 16.7. The standard InChI is InChI=1S/C20H22BrFN2O4S/c21-18-8-7-16(29(26,27)24-13-15-5-3-11-28-15)12-17(18)20(25)23-10-9-14-4-1-2-6-19(14)22/h1-2,4,6-8,12,15,24H,3,5,9-11,13H2,(H,23,25)/t15-/m0/s1. The number of hydrogen-bond donors (Lipinski definition) is 2. The van der Waals surface area contributed by atoms with Crippen molar-refractivity contribution in [2.45, 2.75) is 30.3 Å². The lowest BCUT2D eigenvalue weighted by Gasteiger charge is -2.13. The van der Waals surface area contributed by atoms with Crippen LogP contribution in [-0.2, 0) is 21.2 Å². The summed E-state index contributed by atoms with van der Waals surface area (Å²) in [7, 11) is -3.77. The van der Waals surface area contributed by atoms with Gasteiger partial charge in [0.25, 0.3) is 5.91 Å². The number of rotatable bonds is 8.